The number of hydrogen-bond acceptors (Lipinski definition) is 4. The molecule has 0 bridgehead atoms. The van der Waals surface area contributed by atoms with E-state index >= 15 is 0 Å². The first-order valence-electron chi connectivity index (χ1n) is 8.36. The monoisotopic (exact) mass is 350 g/mol. The minimum atomic E-state index is -0.566. The summed E-state index contributed by atoms with van der Waals surface area (Å²) < 4.78 is 0. The van der Waals surface area contributed by atoms with Gasteiger partial charge in [0.15, 0.2) is 11.6 Å². The SMILES string of the molecule is CC(=CC(CCN)C(=O)c1ccc(C(=O)c2ccccc2)cc1)C(N)=O. The van der Waals surface area contributed by atoms with Gasteiger partial charge in [-0.1, -0.05) is 60.7 Å². The summed E-state index contributed by atoms with van der Waals surface area (Å²) in [5.41, 5.74) is 12.7. The van der Waals surface area contributed by atoms with E-state index in [1.54, 1.807) is 61.5 Å². The molecule has 2 rings (SSSR count). The Labute approximate surface area is 152 Å². The lowest BCUT2D eigenvalue weighted by Gasteiger charge is -2.12. The zero-order valence-electron chi connectivity index (χ0n) is 14.6. The average molecular weight is 350 g/mol. The number of benzene rings is 2. The second-order valence-electron chi connectivity index (χ2n) is 6.03. The minimum absolute atomic E-state index is 0.104. The Morgan fingerprint density at radius 2 is 1.46 bits per heavy atom. The summed E-state index contributed by atoms with van der Waals surface area (Å²) >= 11 is 0. The smallest absolute Gasteiger partial charge is 0.244 e. The van der Waals surface area contributed by atoms with Crippen molar-refractivity contribution in [3.63, 3.8) is 0 Å². The van der Waals surface area contributed by atoms with Gasteiger partial charge in [-0.15, -0.1) is 0 Å². The third-order valence-corrected chi connectivity index (χ3v) is 4.12. The molecule has 0 saturated carbocycles. The maximum atomic E-state index is 12.7. The molecule has 0 fully saturated rings. The van der Waals surface area contributed by atoms with Crippen LogP contribution in [0.5, 0.6) is 0 Å². The maximum Gasteiger partial charge on any atom is 0.244 e. The molecule has 26 heavy (non-hydrogen) atoms. The fourth-order valence-corrected chi connectivity index (χ4v) is 2.61. The third-order valence-electron chi connectivity index (χ3n) is 4.12. The van der Waals surface area contributed by atoms with Gasteiger partial charge < -0.3 is 11.5 Å². The zero-order chi connectivity index (χ0) is 19.1. The third kappa shape index (κ3) is 4.74. The Kier molecular flexibility index (Phi) is 6.58. The quantitative estimate of drug-likeness (QED) is 0.564. The van der Waals surface area contributed by atoms with Gasteiger partial charge in [-0.3, -0.25) is 14.4 Å². The van der Waals surface area contributed by atoms with Crippen LogP contribution in [0.1, 0.15) is 39.6 Å². The number of carbonyl (C=O) groups excluding carboxylic acids is 3. The first kappa shape index (κ1) is 19.3. The number of primary amides is 1. The van der Waals surface area contributed by atoms with Crippen LogP contribution in [-0.2, 0) is 4.79 Å². The van der Waals surface area contributed by atoms with Crippen LogP contribution in [0, 0.1) is 5.92 Å². The van der Waals surface area contributed by atoms with Gasteiger partial charge in [-0.2, -0.15) is 0 Å². The number of Topliss-reactive ketones (excluding diaryl/α,β-unsaturated/α-hetero) is 1. The van der Waals surface area contributed by atoms with Crippen molar-refractivity contribution in [2.24, 2.45) is 17.4 Å². The van der Waals surface area contributed by atoms with Crippen molar-refractivity contribution in [3.8, 4) is 0 Å². The number of carbonyl (C=O) groups is 3. The molecule has 1 unspecified atom stereocenters. The Morgan fingerprint density at radius 3 is 2.00 bits per heavy atom. The van der Waals surface area contributed by atoms with Crippen LogP contribution in [0.25, 0.3) is 0 Å². The fraction of sp³-hybridized carbons (Fsp3) is 0.190. The highest BCUT2D eigenvalue weighted by atomic mass is 16.1. The Morgan fingerprint density at radius 1 is 0.923 bits per heavy atom. The molecule has 0 spiro atoms. The molecule has 0 aliphatic carbocycles. The molecule has 2 aromatic rings. The van der Waals surface area contributed by atoms with Gasteiger partial charge in [0.2, 0.25) is 5.91 Å². The lowest BCUT2D eigenvalue weighted by Crippen LogP contribution is -2.20. The maximum absolute atomic E-state index is 12.7. The van der Waals surface area contributed by atoms with Gasteiger partial charge in [0.25, 0.3) is 0 Å². The van der Waals surface area contributed by atoms with Gasteiger partial charge in [0.1, 0.15) is 0 Å². The van der Waals surface area contributed by atoms with Crippen LogP contribution < -0.4 is 11.5 Å². The molecule has 0 saturated heterocycles. The van der Waals surface area contributed by atoms with Crippen LogP contribution in [0.2, 0.25) is 0 Å². The minimum Gasteiger partial charge on any atom is -0.366 e. The zero-order valence-corrected chi connectivity index (χ0v) is 14.6. The van der Waals surface area contributed by atoms with E-state index < -0.39 is 11.8 Å². The molecule has 0 aliphatic heterocycles. The number of ketones is 2. The topological polar surface area (TPSA) is 103 Å². The highest BCUT2D eigenvalue weighted by Gasteiger charge is 2.19. The Hall–Kier alpha value is -3.05. The van der Waals surface area contributed by atoms with E-state index in [9.17, 15) is 14.4 Å². The normalized spacial score (nSPS) is 12.5. The van der Waals surface area contributed by atoms with Crippen LogP contribution in [0.3, 0.4) is 0 Å². The van der Waals surface area contributed by atoms with Gasteiger partial charge in [0, 0.05) is 28.2 Å². The van der Waals surface area contributed by atoms with E-state index in [-0.39, 0.29) is 11.6 Å². The predicted molar refractivity (Wildman–Crippen MR) is 101 cm³/mol. The van der Waals surface area contributed by atoms with E-state index in [2.05, 4.69) is 0 Å². The van der Waals surface area contributed by atoms with Crippen LogP contribution in [0.4, 0.5) is 0 Å². The summed E-state index contributed by atoms with van der Waals surface area (Å²) in [7, 11) is 0. The van der Waals surface area contributed by atoms with Gasteiger partial charge >= 0.3 is 0 Å². The first-order valence-corrected chi connectivity index (χ1v) is 8.36. The highest BCUT2D eigenvalue weighted by Crippen LogP contribution is 2.18. The molecule has 1 amide bonds. The molecule has 1 atom stereocenters. The van der Waals surface area contributed by atoms with Crippen molar-refractivity contribution in [2.75, 3.05) is 6.54 Å². The summed E-state index contributed by atoms with van der Waals surface area (Å²) in [6.07, 6.45) is 1.97. The van der Waals surface area contributed by atoms with E-state index in [4.69, 9.17) is 11.5 Å². The van der Waals surface area contributed by atoms with Crippen LogP contribution in [-0.4, -0.2) is 24.0 Å². The van der Waals surface area contributed by atoms with Gasteiger partial charge in [-0.05, 0) is 19.9 Å². The molecular weight excluding hydrogens is 328 g/mol. The number of amides is 1. The second-order valence-corrected chi connectivity index (χ2v) is 6.03. The standard InChI is InChI=1S/C21H22N2O3/c1-14(21(23)26)13-18(11-12-22)20(25)17-9-7-16(8-10-17)19(24)15-5-3-2-4-6-15/h2-10,13,18H,11-12,22H2,1H3,(H2,23,26). The fourth-order valence-electron chi connectivity index (χ4n) is 2.61. The summed E-state index contributed by atoms with van der Waals surface area (Å²) in [6.45, 7) is 1.88. The number of hydrogen-bond donors (Lipinski definition) is 2. The van der Waals surface area contributed by atoms with Crippen molar-refractivity contribution in [3.05, 3.63) is 82.9 Å². The van der Waals surface area contributed by atoms with E-state index in [1.165, 1.54) is 0 Å². The molecule has 0 aliphatic rings. The molecule has 2 aromatic carbocycles. The molecule has 5 nitrogen and oxygen atoms in total. The second kappa shape index (κ2) is 8.87. The van der Waals surface area contributed by atoms with Crippen molar-refractivity contribution >= 4 is 17.5 Å². The number of nitrogens with two attached hydrogens (primary N) is 2. The summed E-state index contributed by atoms with van der Waals surface area (Å²) in [6, 6.07) is 15.4. The molecule has 0 heterocycles. The van der Waals surface area contributed by atoms with Gasteiger partial charge in [0.05, 0.1) is 0 Å². The van der Waals surface area contributed by atoms with Crippen molar-refractivity contribution < 1.29 is 14.4 Å². The predicted octanol–water partition coefficient (Wildman–Crippen LogP) is 2.50. The lowest BCUT2D eigenvalue weighted by molar-refractivity contribution is -0.114. The number of allylic oxidation sites excluding steroid dienone is 1. The average Bonchev–Trinajstić information content (AvgIpc) is 2.67. The Balaban J connectivity index is 2.22. The molecule has 134 valence electrons. The number of rotatable bonds is 8. The van der Waals surface area contributed by atoms with Crippen LogP contribution in [0.15, 0.2) is 66.2 Å². The van der Waals surface area contributed by atoms with E-state index in [1.807, 2.05) is 6.07 Å². The summed E-state index contributed by atoms with van der Waals surface area (Å²) in [4.78, 5) is 36.4. The largest absolute Gasteiger partial charge is 0.366 e. The summed E-state index contributed by atoms with van der Waals surface area (Å²) in [5.74, 6) is -1.35. The molecule has 0 aromatic heterocycles. The van der Waals surface area contributed by atoms with Crippen LogP contribution >= 0.6 is 0 Å². The van der Waals surface area contributed by atoms with Crippen molar-refractivity contribution in [2.45, 2.75) is 13.3 Å². The molecule has 0 radical (unpaired) electrons. The van der Waals surface area contributed by atoms with Crippen molar-refractivity contribution in [1.29, 1.82) is 0 Å². The lowest BCUT2D eigenvalue weighted by atomic mass is 9.91. The summed E-state index contributed by atoms with van der Waals surface area (Å²) in [5, 5.41) is 0. The van der Waals surface area contributed by atoms with Crippen molar-refractivity contribution in [1.82, 2.24) is 0 Å². The van der Waals surface area contributed by atoms with Gasteiger partial charge in [-0.25, -0.2) is 0 Å². The highest BCUT2D eigenvalue weighted by molar-refractivity contribution is 6.09. The Bertz CT molecular complexity index is 824. The first-order chi connectivity index (χ1) is 12.4. The molecular formula is C21H22N2O3. The van der Waals surface area contributed by atoms with E-state index in [0.717, 1.165) is 0 Å². The molecule has 4 N–H and O–H groups in total. The van der Waals surface area contributed by atoms with E-state index in [0.29, 0.717) is 35.2 Å². The molecule has 5 heteroatoms.